The van der Waals surface area contributed by atoms with Gasteiger partial charge in [0.05, 0.1) is 0 Å². The van der Waals surface area contributed by atoms with Crippen molar-refractivity contribution in [1.29, 1.82) is 0 Å². The van der Waals surface area contributed by atoms with Crippen LogP contribution in [0.25, 0.3) is 0 Å². The summed E-state index contributed by atoms with van der Waals surface area (Å²) in [5.41, 5.74) is 6.31. The van der Waals surface area contributed by atoms with Gasteiger partial charge in [0.25, 0.3) is 0 Å². The molecule has 0 aliphatic heterocycles. The maximum Gasteiger partial charge on any atom is 0.0124 e. The first kappa shape index (κ1) is 12.4. The topological polar surface area (TPSA) is 38.0 Å². The monoisotopic (exact) mass is 224 g/mol. The molecule has 16 heavy (non-hydrogen) atoms. The van der Waals surface area contributed by atoms with Crippen LogP contribution in [0.1, 0.15) is 52.4 Å². The van der Waals surface area contributed by atoms with Gasteiger partial charge in [-0.1, -0.05) is 13.8 Å². The van der Waals surface area contributed by atoms with Gasteiger partial charge in [0, 0.05) is 12.6 Å². The highest BCUT2D eigenvalue weighted by atomic mass is 15.0. The van der Waals surface area contributed by atoms with Crippen molar-refractivity contribution in [2.45, 2.75) is 58.4 Å². The van der Waals surface area contributed by atoms with Crippen molar-refractivity contribution < 1.29 is 0 Å². The van der Waals surface area contributed by atoms with E-state index in [4.69, 9.17) is 5.73 Å². The van der Waals surface area contributed by atoms with Crippen LogP contribution in [0.4, 0.5) is 0 Å². The molecule has 0 amide bonds. The highest BCUT2D eigenvalue weighted by Crippen LogP contribution is 2.44. The average molecular weight is 224 g/mol. The standard InChI is InChI=1S/C14H28N2/c1-3-14(4-2,9-15)10-16-13(11-5-6-11)12-7-8-12/h11-13,16H,3-10,15H2,1-2H3. The van der Waals surface area contributed by atoms with Crippen molar-refractivity contribution >= 4 is 0 Å². The van der Waals surface area contributed by atoms with Gasteiger partial charge in [0.15, 0.2) is 0 Å². The number of hydrogen-bond acceptors (Lipinski definition) is 2. The Labute approximate surface area is 100 Å². The van der Waals surface area contributed by atoms with E-state index in [0.29, 0.717) is 5.41 Å². The fourth-order valence-corrected chi connectivity index (χ4v) is 2.82. The minimum Gasteiger partial charge on any atom is -0.330 e. The molecule has 2 fully saturated rings. The third-order valence-corrected chi connectivity index (χ3v) is 4.91. The van der Waals surface area contributed by atoms with Gasteiger partial charge in [-0.05, 0) is 62.3 Å². The van der Waals surface area contributed by atoms with Gasteiger partial charge in [-0.3, -0.25) is 0 Å². The number of hydrogen-bond donors (Lipinski definition) is 2. The van der Waals surface area contributed by atoms with Gasteiger partial charge in [-0.2, -0.15) is 0 Å². The lowest BCUT2D eigenvalue weighted by Gasteiger charge is -2.33. The number of nitrogens with one attached hydrogen (secondary N) is 1. The first-order valence-electron chi connectivity index (χ1n) is 7.18. The fraction of sp³-hybridized carbons (Fsp3) is 1.00. The van der Waals surface area contributed by atoms with Gasteiger partial charge in [0.2, 0.25) is 0 Å². The zero-order chi connectivity index (χ0) is 11.6. The lowest BCUT2D eigenvalue weighted by molar-refractivity contribution is 0.235. The molecule has 94 valence electrons. The lowest BCUT2D eigenvalue weighted by Crippen LogP contribution is -2.45. The van der Waals surface area contributed by atoms with Crippen molar-refractivity contribution in [1.82, 2.24) is 5.32 Å². The van der Waals surface area contributed by atoms with Crippen molar-refractivity contribution in [3.05, 3.63) is 0 Å². The Bertz CT molecular complexity index is 195. The molecule has 0 atom stereocenters. The quantitative estimate of drug-likeness (QED) is 0.665. The Morgan fingerprint density at radius 2 is 1.62 bits per heavy atom. The van der Waals surface area contributed by atoms with Crippen molar-refractivity contribution in [2.24, 2.45) is 23.0 Å². The fourth-order valence-electron chi connectivity index (χ4n) is 2.82. The van der Waals surface area contributed by atoms with Crippen molar-refractivity contribution in [3.8, 4) is 0 Å². The molecular weight excluding hydrogens is 196 g/mol. The van der Waals surface area contributed by atoms with Crippen LogP contribution in [-0.2, 0) is 0 Å². The van der Waals surface area contributed by atoms with Gasteiger partial charge >= 0.3 is 0 Å². The second-order valence-electron chi connectivity index (χ2n) is 5.99. The molecule has 0 aromatic heterocycles. The summed E-state index contributed by atoms with van der Waals surface area (Å²) in [6, 6.07) is 0.823. The average Bonchev–Trinajstić information content (AvgIpc) is 3.18. The molecular formula is C14H28N2. The summed E-state index contributed by atoms with van der Waals surface area (Å²) < 4.78 is 0. The maximum atomic E-state index is 5.96. The van der Waals surface area contributed by atoms with E-state index in [9.17, 15) is 0 Å². The second-order valence-corrected chi connectivity index (χ2v) is 5.99. The van der Waals surface area contributed by atoms with E-state index in [2.05, 4.69) is 19.2 Å². The summed E-state index contributed by atoms with van der Waals surface area (Å²) in [7, 11) is 0. The third-order valence-electron chi connectivity index (χ3n) is 4.91. The van der Waals surface area contributed by atoms with Crippen molar-refractivity contribution in [2.75, 3.05) is 13.1 Å². The summed E-state index contributed by atoms with van der Waals surface area (Å²) in [5, 5.41) is 3.86. The molecule has 3 N–H and O–H groups in total. The molecule has 2 rings (SSSR count). The highest BCUT2D eigenvalue weighted by Gasteiger charge is 2.41. The van der Waals surface area contributed by atoms with Crippen LogP contribution in [0.3, 0.4) is 0 Å². The minimum absolute atomic E-state index is 0.349. The van der Waals surface area contributed by atoms with Crippen LogP contribution >= 0.6 is 0 Å². The molecule has 0 aromatic carbocycles. The van der Waals surface area contributed by atoms with E-state index in [-0.39, 0.29) is 0 Å². The molecule has 2 heteroatoms. The van der Waals surface area contributed by atoms with Gasteiger partial charge in [0.1, 0.15) is 0 Å². The molecule has 2 nitrogen and oxygen atoms in total. The normalized spacial score (nSPS) is 21.8. The largest absolute Gasteiger partial charge is 0.330 e. The number of nitrogens with two attached hydrogens (primary N) is 1. The van der Waals surface area contributed by atoms with Gasteiger partial charge in [-0.25, -0.2) is 0 Å². The molecule has 0 aromatic rings. The molecule has 2 saturated carbocycles. The zero-order valence-corrected chi connectivity index (χ0v) is 11.0. The summed E-state index contributed by atoms with van der Waals surface area (Å²) in [5.74, 6) is 1.99. The van der Waals surface area contributed by atoms with Crippen LogP contribution in [0.2, 0.25) is 0 Å². The van der Waals surface area contributed by atoms with E-state index in [1.165, 1.54) is 38.5 Å². The molecule has 2 aliphatic rings. The van der Waals surface area contributed by atoms with Gasteiger partial charge in [-0.15, -0.1) is 0 Å². The third kappa shape index (κ3) is 2.78. The van der Waals surface area contributed by atoms with E-state index in [0.717, 1.165) is 31.0 Å². The van der Waals surface area contributed by atoms with E-state index >= 15 is 0 Å². The highest BCUT2D eigenvalue weighted by molar-refractivity contribution is 4.97. The summed E-state index contributed by atoms with van der Waals surface area (Å²) in [6.07, 6.45) is 8.25. The van der Waals surface area contributed by atoms with Crippen LogP contribution in [0.15, 0.2) is 0 Å². The zero-order valence-electron chi connectivity index (χ0n) is 11.0. The van der Waals surface area contributed by atoms with Crippen LogP contribution < -0.4 is 11.1 Å². The second kappa shape index (κ2) is 5.05. The molecule has 0 bridgehead atoms. The predicted octanol–water partition coefficient (Wildman–Crippen LogP) is 2.53. The van der Waals surface area contributed by atoms with E-state index in [1.807, 2.05) is 0 Å². The first-order valence-corrected chi connectivity index (χ1v) is 7.18. The SMILES string of the molecule is CCC(CC)(CN)CNC(C1CC1)C1CC1. The summed E-state index contributed by atoms with van der Waals surface area (Å²) >= 11 is 0. The molecule has 0 saturated heterocycles. The number of rotatable bonds is 8. The Morgan fingerprint density at radius 3 is 1.94 bits per heavy atom. The molecule has 0 radical (unpaired) electrons. The van der Waals surface area contributed by atoms with Crippen LogP contribution in [-0.4, -0.2) is 19.1 Å². The maximum absolute atomic E-state index is 5.96. The Balaban J connectivity index is 1.83. The first-order chi connectivity index (χ1) is 7.74. The molecule has 0 unspecified atom stereocenters. The van der Waals surface area contributed by atoms with Gasteiger partial charge < -0.3 is 11.1 Å². The molecule has 2 aliphatic carbocycles. The van der Waals surface area contributed by atoms with Crippen LogP contribution in [0.5, 0.6) is 0 Å². The van der Waals surface area contributed by atoms with Crippen molar-refractivity contribution in [3.63, 3.8) is 0 Å². The van der Waals surface area contributed by atoms with E-state index in [1.54, 1.807) is 0 Å². The summed E-state index contributed by atoms with van der Waals surface area (Å²) in [4.78, 5) is 0. The molecule has 0 spiro atoms. The van der Waals surface area contributed by atoms with Crippen LogP contribution in [0, 0.1) is 17.3 Å². The Kier molecular flexibility index (Phi) is 3.91. The van der Waals surface area contributed by atoms with E-state index < -0.39 is 0 Å². The summed E-state index contributed by atoms with van der Waals surface area (Å²) in [6.45, 7) is 6.52. The Hall–Kier alpha value is -0.0800. The lowest BCUT2D eigenvalue weighted by atomic mass is 9.82. The molecule has 0 heterocycles. The smallest absolute Gasteiger partial charge is 0.0124 e. The minimum atomic E-state index is 0.349. The predicted molar refractivity (Wildman–Crippen MR) is 69.3 cm³/mol. The Morgan fingerprint density at radius 1 is 1.12 bits per heavy atom.